The molecule has 2 unspecified atom stereocenters. The van der Waals surface area contributed by atoms with Gasteiger partial charge < -0.3 is 14.9 Å². The molecular weight excluding hydrogens is 328 g/mol. The van der Waals surface area contributed by atoms with Gasteiger partial charge in [0.1, 0.15) is 0 Å². The molecule has 1 aromatic carbocycles. The molecular formula is C21H28N2O3. The highest BCUT2D eigenvalue weighted by molar-refractivity contribution is 5.88. The SMILES string of the molecule is C=CC(=O)N1CCCC(C(=O)N2CCCC(O)(c3ccccc3)CC2)C1. The summed E-state index contributed by atoms with van der Waals surface area (Å²) in [4.78, 5) is 28.5. The van der Waals surface area contributed by atoms with Gasteiger partial charge in [0.25, 0.3) is 0 Å². The van der Waals surface area contributed by atoms with Crippen molar-refractivity contribution in [2.24, 2.45) is 5.92 Å². The van der Waals surface area contributed by atoms with Crippen LogP contribution in [0.3, 0.4) is 0 Å². The molecule has 0 saturated carbocycles. The van der Waals surface area contributed by atoms with Crippen molar-refractivity contribution in [1.82, 2.24) is 9.80 Å². The van der Waals surface area contributed by atoms with Crippen molar-refractivity contribution in [3.05, 3.63) is 48.6 Å². The smallest absolute Gasteiger partial charge is 0.245 e. The second-order valence-corrected chi connectivity index (χ2v) is 7.40. The van der Waals surface area contributed by atoms with E-state index >= 15 is 0 Å². The highest BCUT2D eigenvalue weighted by atomic mass is 16.3. The van der Waals surface area contributed by atoms with Crippen molar-refractivity contribution in [3.8, 4) is 0 Å². The van der Waals surface area contributed by atoms with Crippen molar-refractivity contribution in [1.29, 1.82) is 0 Å². The Hall–Kier alpha value is -2.14. The van der Waals surface area contributed by atoms with Gasteiger partial charge in [-0.15, -0.1) is 0 Å². The predicted octanol–water partition coefficient (Wildman–Crippen LogP) is 2.31. The highest BCUT2D eigenvalue weighted by Crippen LogP contribution is 2.33. The maximum Gasteiger partial charge on any atom is 0.245 e. The van der Waals surface area contributed by atoms with E-state index in [-0.39, 0.29) is 17.7 Å². The largest absolute Gasteiger partial charge is 0.385 e. The molecule has 2 fully saturated rings. The van der Waals surface area contributed by atoms with Gasteiger partial charge in [0.05, 0.1) is 11.5 Å². The fraction of sp³-hybridized carbons (Fsp3) is 0.524. The second-order valence-electron chi connectivity index (χ2n) is 7.40. The Morgan fingerprint density at radius 2 is 1.81 bits per heavy atom. The molecule has 0 spiro atoms. The lowest BCUT2D eigenvalue weighted by Crippen LogP contribution is -2.46. The van der Waals surface area contributed by atoms with Crippen LogP contribution in [0.5, 0.6) is 0 Å². The number of rotatable bonds is 3. The van der Waals surface area contributed by atoms with Gasteiger partial charge in [0.2, 0.25) is 11.8 Å². The van der Waals surface area contributed by atoms with Crippen LogP contribution < -0.4 is 0 Å². The van der Waals surface area contributed by atoms with Gasteiger partial charge in [-0.1, -0.05) is 36.9 Å². The van der Waals surface area contributed by atoms with Crippen LogP contribution in [0.25, 0.3) is 0 Å². The maximum absolute atomic E-state index is 13.0. The Bertz CT molecular complexity index is 660. The normalized spacial score (nSPS) is 26.9. The number of benzene rings is 1. The summed E-state index contributed by atoms with van der Waals surface area (Å²) in [5, 5.41) is 11.1. The summed E-state index contributed by atoms with van der Waals surface area (Å²) in [5.74, 6) is -0.128. The summed E-state index contributed by atoms with van der Waals surface area (Å²) in [6.07, 6.45) is 4.96. The van der Waals surface area contributed by atoms with Gasteiger partial charge in [-0.25, -0.2) is 0 Å². The second kappa shape index (κ2) is 8.04. The number of piperidine rings is 1. The van der Waals surface area contributed by atoms with Crippen LogP contribution in [0.2, 0.25) is 0 Å². The summed E-state index contributed by atoms with van der Waals surface area (Å²) in [7, 11) is 0. The Morgan fingerprint density at radius 3 is 2.54 bits per heavy atom. The Labute approximate surface area is 155 Å². The number of amides is 2. The minimum absolute atomic E-state index is 0.100. The van der Waals surface area contributed by atoms with Crippen molar-refractivity contribution in [3.63, 3.8) is 0 Å². The van der Waals surface area contributed by atoms with E-state index in [1.54, 1.807) is 4.90 Å². The first-order valence-corrected chi connectivity index (χ1v) is 9.51. The maximum atomic E-state index is 13.0. The Kier molecular flexibility index (Phi) is 5.77. The molecule has 5 heteroatoms. The van der Waals surface area contributed by atoms with Gasteiger partial charge in [-0.2, -0.15) is 0 Å². The van der Waals surface area contributed by atoms with Crippen molar-refractivity contribution in [2.45, 2.75) is 37.7 Å². The number of likely N-dealkylation sites (tertiary alicyclic amines) is 2. The molecule has 2 saturated heterocycles. The summed E-state index contributed by atoms with van der Waals surface area (Å²) in [6, 6.07) is 9.73. The molecule has 2 atom stereocenters. The molecule has 0 radical (unpaired) electrons. The van der Waals surface area contributed by atoms with E-state index in [1.165, 1.54) is 6.08 Å². The van der Waals surface area contributed by atoms with Crippen LogP contribution in [0.1, 0.15) is 37.7 Å². The fourth-order valence-electron chi connectivity index (χ4n) is 4.14. The van der Waals surface area contributed by atoms with Gasteiger partial charge in [0.15, 0.2) is 0 Å². The number of hydrogen-bond acceptors (Lipinski definition) is 3. The van der Waals surface area contributed by atoms with E-state index in [0.29, 0.717) is 39.0 Å². The zero-order valence-corrected chi connectivity index (χ0v) is 15.3. The third-order valence-electron chi connectivity index (χ3n) is 5.69. The number of carbonyl (C=O) groups excluding carboxylic acids is 2. The van der Waals surface area contributed by atoms with Crippen LogP contribution >= 0.6 is 0 Å². The molecule has 3 rings (SSSR count). The molecule has 0 aliphatic carbocycles. The third-order valence-corrected chi connectivity index (χ3v) is 5.69. The molecule has 5 nitrogen and oxygen atoms in total. The van der Waals surface area contributed by atoms with Gasteiger partial charge in [-0.3, -0.25) is 9.59 Å². The number of nitrogens with zero attached hydrogens (tertiary/aromatic N) is 2. The van der Waals surface area contributed by atoms with Crippen LogP contribution in [-0.4, -0.2) is 52.9 Å². The molecule has 1 N–H and O–H groups in total. The monoisotopic (exact) mass is 356 g/mol. The first-order chi connectivity index (χ1) is 12.5. The first kappa shape index (κ1) is 18.6. The molecule has 2 amide bonds. The molecule has 1 aromatic rings. The van der Waals surface area contributed by atoms with Crippen LogP contribution in [0.4, 0.5) is 0 Å². The van der Waals surface area contributed by atoms with E-state index in [9.17, 15) is 14.7 Å². The lowest BCUT2D eigenvalue weighted by molar-refractivity contribution is -0.139. The van der Waals surface area contributed by atoms with Crippen LogP contribution in [0.15, 0.2) is 43.0 Å². The summed E-state index contributed by atoms with van der Waals surface area (Å²) in [5.41, 5.74) is 0.0583. The highest BCUT2D eigenvalue weighted by Gasteiger charge is 2.36. The van der Waals surface area contributed by atoms with Crippen LogP contribution in [0, 0.1) is 5.92 Å². The Morgan fingerprint density at radius 1 is 1.08 bits per heavy atom. The fourth-order valence-corrected chi connectivity index (χ4v) is 4.14. The van der Waals surface area contributed by atoms with Crippen molar-refractivity contribution >= 4 is 11.8 Å². The summed E-state index contributed by atoms with van der Waals surface area (Å²) < 4.78 is 0. The van der Waals surface area contributed by atoms with E-state index < -0.39 is 5.60 Å². The molecule has 140 valence electrons. The summed E-state index contributed by atoms with van der Waals surface area (Å²) in [6.45, 7) is 5.93. The lowest BCUT2D eigenvalue weighted by Gasteiger charge is -2.34. The van der Waals surface area contributed by atoms with E-state index in [0.717, 1.165) is 24.8 Å². The lowest BCUT2D eigenvalue weighted by atomic mass is 9.87. The van der Waals surface area contributed by atoms with Crippen molar-refractivity contribution < 1.29 is 14.7 Å². The van der Waals surface area contributed by atoms with E-state index in [4.69, 9.17) is 0 Å². The number of carbonyl (C=O) groups is 2. The molecule has 0 aromatic heterocycles. The Balaban J connectivity index is 1.64. The number of hydrogen-bond donors (Lipinski definition) is 1. The van der Waals surface area contributed by atoms with Crippen molar-refractivity contribution in [2.75, 3.05) is 26.2 Å². The molecule has 0 bridgehead atoms. The first-order valence-electron chi connectivity index (χ1n) is 9.51. The quantitative estimate of drug-likeness (QED) is 0.846. The molecule has 2 aliphatic rings. The zero-order chi connectivity index (χ0) is 18.6. The zero-order valence-electron chi connectivity index (χ0n) is 15.3. The minimum atomic E-state index is -0.867. The third kappa shape index (κ3) is 3.98. The topological polar surface area (TPSA) is 60.9 Å². The molecule has 26 heavy (non-hydrogen) atoms. The summed E-state index contributed by atoms with van der Waals surface area (Å²) >= 11 is 0. The van der Waals surface area contributed by atoms with E-state index in [1.807, 2.05) is 35.2 Å². The predicted molar refractivity (Wildman–Crippen MR) is 100 cm³/mol. The molecule has 2 heterocycles. The average molecular weight is 356 g/mol. The van der Waals surface area contributed by atoms with Gasteiger partial charge in [0, 0.05) is 26.2 Å². The van der Waals surface area contributed by atoms with Gasteiger partial charge >= 0.3 is 0 Å². The van der Waals surface area contributed by atoms with Gasteiger partial charge in [-0.05, 0) is 43.7 Å². The minimum Gasteiger partial charge on any atom is -0.385 e. The van der Waals surface area contributed by atoms with Crippen LogP contribution in [-0.2, 0) is 15.2 Å². The average Bonchev–Trinajstić information content (AvgIpc) is 2.90. The number of aliphatic hydroxyl groups is 1. The molecule has 2 aliphatic heterocycles. The van der Waals surface area contributed by atoms with E-state index in [2.05, 4.69) is 6.58 Å². The standard InChI is InChI=1S/C21H28N2O3/c1-2-19(24)23-13-6-8-17(16-23)20(25)22-14-7-11-21(26,12-15-22)18-9-4-3-5-10-18/h2-5,9-10,17,26H,1,6-8,11-16H2.